The number of rotatable bonds is 4. The van der Waals surface area contributed by atoms with Gasteiger partial charge in [-0.25, -0.2) is 4.68 Å². The molecule has 0 aliphatic rings. The van der Waals surface area contributed by atoms with Crippen LogP contribution in [0.1, 0.15) is 15.9 Å². The Morgan fingerprint density at radius 3 is 2.55 bits per heavy atom. The predicted octanol–water partition coefficient (Wildman–Crippen LogP) is 2.81. The van der Waals surface area contributed by atoms with Crippen LogP contribution in [0, 0.1) is 0 Å². The highest BCUT2D eigenvalue weighted by Crippen LogP contribution is 2.19. The summed E-state index contributed by atoms with van der Waals surface area (Å²) in [5, 5.41) is 8.26. The molecule has 0 atom stereocenters. The fourth-order valence-corrected chi connectivity index (χ4v) is 2.10. The maximum atomic E-state index is 11.0. The van der Waals surface area contributed by atoms with E-state index in [1.807, 2.05) is 54.7 Å². The Morgan fingerprint density at radius 2 is 1.75 bits per heavy atom. The summed E-state index contributed by atoms with van der Waals surface area (Å²) in [4.78, 5) is 11.0. The number of aromatic nitrogens is 3. The maximum absolute atomic E-state index is 11.0. The summed E-state index contributed by atoms with van der Waals surface area (Å²) in [5.41, 5.74) is 3.30. The molecule has 0 fully saturated rings. The molecule has 2 aromatic carbocycles. The van der Waals surface area contributed by atoms with Gasteiger partial charge in [0.2, 0.25) is 0 Å². The van der Waals surface area contributed by atoms with Crippen LogP contribution in [0.4, 0.5) is 0 Å². The number of hydrogen-bond acceptors (Lipinski definition) is 3. The van der Waals surface area contributed by atoms with E-state index in [-0.39, 0.29) is 0 Å². The minimum atomic E-state index is 0.624. The van der Waals surface area contributed by atoms with Gasteiger partial charge in [-0.05, 0) is 5.56 Å². The summed E-state index contributed by atoms with van der Waals surface area (Å²) in [6.07, 6.45) is 2.70. The van der Waals surface area contributed by atoms with Gasteiger partial charge in [0, 0.05) is 11.1 Å². The molecule has 0 spiro atoms. The highest BCUT2D eigenvalue weighted by molar-refractivity contribution is 5.86. The normalized spacial score (nSPS) is 10.4. The summed E-state index contributed by atoms with van der Waals surface area (Å²) in [7, 11) is 0. The van der Waals surface area contributed by atoms with Crippen molar-refractivity contribution in [3.8, 4) is 11.3 Å². The van der Waals surface area contributed by atoms with Crippen molar-refractivity contribution in [2.24, 2.45) is 0 Å². The molecule has 0 bridgehead atoms. The second-order valence-electron chi connectivity index (χ2n) is 4.49. The van der Waals surface area contributed by atoms with Crippen molar-refractivity contribution in [2.75, 3.05) is 0 Å². The van der Waals surface area contributed by atoms with Crippen LogP contribution in [-0.2, 0) is 6.54 Å². The van der Waals surface area contributed by atoms with Gasteiger partial charge in [0.25, 0.3) is 0 Å². The molecular formula is C16H13N3O. The fraction of sp³-hybridized carbons (Fsp3) is 0.0625. The smallest absolute Gasteiger partial charge is 0.150 e. The Hall–Kier alpha value is -2.75. The van der Waals surface area contributed by atoms with Crippen LogP contribution in [0.5, 0.6) is 0 Å². The Kier molecular flexibility index (Phi) is 3.37. The molecule has 20 heavy (non-hydrogen) atoms. The summed E-state index contributed by atoms with van der Waals surface area (Å²) < 4.78 is 1.77. The number of hydrogen-bond donors (Lipinski definition) is 0. The standard InChI is InChI=1S/C16H13N3O/c20-12-14-8-4-5-9-15(14)16-11-19(18-17-16)10-13-6-2-1-3-7-13/h1-9,11-12H,10H2. The summed E-state index contributed by atoms with van der Waals surface area (Å²) in [5.74, 6) is 0. The molecule has 0 radical (unpaired) electrons. The van der Waals surface area contributed by atoms with Gasteiger partial charge in [0.15, 0.2) is 6.29 Å². The molecule has 1 aromatic heterocycles. The van der Waals surface area contributed by atoms with E-state index in [9.17, 15) is 4.79 Å². The molecular weight excluding hydrogens is 250 g/mol. The Morgan fingerprint density at radius 1 is 1.00 bits per heavy atom. The molecule has 0 saturated heterocycles. The molecule has 0 aliphatic heterocycles. The van der Waals surface area contributed by atoms with E-state index in [0.717, 1.165) is 17.4 Å². The lowest BCUT2D eigenvalue weighted by molar-refractivity contribution is 0.112. The summed E-state index contributed by atoms with van der Waals surface area (Å²) >= 11 is 0. The Labute approximate surface area is 116 Å². The average Bonchev–Trinajstić information content (AvgIpc) is 2.96. The first-order valence-corrected chi connectivity index (χ1v) is 6.35. The topological polar surface area (TPSA) is 47.8 Å². The summed E-state index contributed by atoms with van der Waals surface area (Å²) in [6, 6.07) is 17.4. The third-order valence-electron chi connectivity index (χ3n) is 3.09. The molecule has 3 rings (SSSR count). The molecule has 1 heterocycles. The number of carbonyl (C=O) groups is 1. The predicted molar refractivity (Wildman–Crippen MR) is 76.4 cm³/mol. The SMILES string of the molecule is O=Cc1ccccc1-c1cn(Cc2ccccc2)nn1. The molecule has 98 valence electrons. The largest absolute Gasteiger partial charge is 0.298 e. The number of benzene rings is 2. The Bertz CT molecular complexity index is 719. The van der Waals surface area contributed by atoms with E-state index < -0.39 is 0 Å². The van der Waals surface area contributed by atoms with Crippen LogP contribution in [0.3, 0.4) is 0 Å². The molecule has 0 aliphatic carbocycles. The highest BCUT2D eigenvalue weighted by atomic mass is 16.1. The molecule has 0 N–H and O–H groups in total. The van der Waals surface area contributed by atoms with Gasteiger partial charge in [-0.2, -0.15) is 0 Å². The van der Waals surface area contributed by atoms with E-state index >= 15 is 0 Å². The number of aldehydes is 1. The van der Waals surface area contributed by atoms with E-state index in [1.165, 1.54) is 0 Å². The van der Waals surface area contributed by atoms with Crippen molar-refractivity contribution in [3.05, 3.63) is 71.9 Å². The van der Waals surface area contributed by atoms with Crippen LogP contribution < -0.4 is 0 Å². The van der Waals surface area contributed by atoms with Crippen LogP contribution in [0.25, 0.3) is 11.3 Å². The number of carbonyl (C=O) groups excluding carboxylic acids is 1. The number of nitrogens with zero attached hydrogens (tertiary/aromatic N) is 3. The minimum Gasteiger partial charge on any atom is -0.298 e. The van der Waals surface area contributed by atoms with Gasteiger partial charge in [0.1, 0.15) is 5.69 Å². The van der Waals surface area contributed by atoms with Gasteiger partial charge in [-0.1, -0.05) is 59.8 Å². The summed E-state index contributed by atoms with van der Waals surface area (Å²) in [6.45, 7) is 0.664. The molecule has 0 unspecified atom stereocenters. The first-order chi connectivity index (χ1) is 9.86. The third kappa shape index (κ3) is 2.49. The second kappa shape index (κ2) is 5.48. The van der Waals surface area contributed by atoms with Gasteiger partial charge in [-0.15, -0.1) is 5.10 Å². The van der Waals surface area contributed by atoms with Crippen LogP contribution in [-0.4, -0.2) is 21.3 Å². The van der Waals surface area contributed by atoms with Crippen molar-refractivity contribution in [3.63, 3.8) is 0 Å². The molecule has 4 nitrogen and oxygen atoms in total. The van der Waals surface area contributed by atoms with Gasteiger partial charge >= 0.3 is 0 Å². The molecule has 0 amide bonds. The molecule has 0 saturated carbocycles. The monoisotopic (exact) mass is 263 g/mol. The zero-order valence-corrected chi connectivity index (χ0v) is 10.8. The van der Waals surface area contributed by atoms with Crippen molar-refractivity contribution in [1.29, 1.82) is 0 Å². The third-order valence-corrected chi connectivity index (χ3v) is 3.09. The van der Waals surface area contributed by atoms with Gasteiger partial charge < -0.3 is 0 Å². The zero-order valence-electron chi connectivity index (χ0n) is 10.8. The van der Waals surface area contributed by atoms with E-state index in [0.29, 0.717) is 17.8 Å². The lowest BCUT2D eigenvalue weighted by Gasteiger charge is -2.00. The Balaban J connectivity index is 1.89. The maximum Gasteiger partial charge on any atom is 0.150 e. The second-order valence-corrected chi connectivity index (χ2v) is 4.49. The van der Waals surface area contributed by atoms with Crippen molar-refractivity contribution < 1.29 is 4.79 Å². The van der Waals surface area contributed by atoms with E-state index in [4.69, 9.17) is 0 Å². The van der Waals surface area contributed by atoms with Crippen LogP contribution in [0.15, 0.2) is 60.8 Å². The zero-order chi connectivity index (χ0) is 13.8. The van der Waals surface area contributed by atoms with Gasteiger partial charge in [-0.3, -0.25) is 4.79 Å². The van der Waals surface area contributed by atoms with Crippen LogP contribution >= 0.6 is 0 Å². The first-order valence-electron chi connectivity index (χ1n) is 6.35. The minimum absolute atomic E-state index is 0.624. The van der Waals surface area contributed by atoms with E-state index in [1.54, 1.807) is 10.7 Å². The van der Waals surface area contributed by atoms with Crippen molar-refractivity contribution in [1.82, 2.24) is 15.0 Å². The average molecular weight is 263 g/mol. The van der Waals surface area contributed by atoms with Gasteiger partial charge in [0.05, 0.1) is 12.7 Å². The van der Waals surface area contributed by atoms with Crippen molar-refractivity contribution in [2.45, 2.75) is 6.54 Å². The lowest BCUT2D eigenvalue weighted by atomic mass is 10.1. The first kappa shape index (κ1) is 12.3. The van der Waals surface area contributed by atoms with Crippen LogP contribution in [0.2, 0.25) is 0 Å². The highest BCUT2D eigenvalue weighted by Gasteiger charge is 2.08. The fourth-order valence-electron chi connectivity index (χ4n) is 2.10. The quantitative estimate of drug-likeness (QED) is 0.680. The van der Waals surface area contributed by atoms with Crippen molar-refractivity contribution >= 4 is 6.29 Å². The van der Waals surface area contributed by atoms with E-state index in [2.05, 4.69) is 10.3 Å². The lowest BCUT2D eigenvalue weighted by Crippen LogP contribution is -1.99. The molecule has 3 aromatic rings. The molecule has 4 heteroatoms.